The van der Waals surface area contributed by atoms with Crippen LogP contribution in [0, 0.1) is 5.92 Å². The third kappa shape index (κ3) is 2.91. The lowest BCUT2D eigenvalue weighted by Crippen LogP contribution is -2.59. The summed E-state index contributed by atoms with van der Waals surface area (Å²) in [7, 11) is 0. The van der Waals surface area contributed by atoms with Crippen LogP contribution in [0.5, 0.6) is 0 Å². The van der Waals surface area contributed by atoms with Crippen molar-refractivity contribution in [3.8, 4) is 0 Å². The first-order valence-electron chi connectivity index (χ1n) is 8.31. The van der Waals surface area contributed by atoms with Gasteiger partial charge in [0.15, 0.2) is 0 Å². The lowest BCUT2D eigenvalue weighted by molar-refractivity contribution is 0.00497. The van der Waals surface area contributed by atoms with Gasteiger partial charge < -0.3 is 0 Å². The van der Waals surface area contributed by atoms with Crippen molar-refractivity contribution >= 4 is 0 Å². The zero-order chi connectivity index (χ0) is 12.4. The number of hydrogen-bond acceptors (Lipinski definition) is 2. The Morgan fingerprint density at radius 3 is 2.50 bits per heavy atom. The molecule has 2 atom stereocenters. The molecule has 2 heterocycles. The summed E-state index contributed by atoms with van der Waals surface area (Å²) in [6, 6.07) is 1.68. The summed E-state index contributed by atoms with van der Waals surface area (Å²) >= 11 is 0. The molecule has 0 aromatic rings. The highest BCUT2D eigenvalue weighted by atomic mass is 15.3. The number of piperidine rings is 1. The fourth-order valence-electron chi connectivity index (χ4n) is 4.37. The molecule has 18 heavy (non-hydrogen) atoms. The average molecular weight is 250 g/mol. The molecule has 2 saturated heterocycles. The second-order valence-corrected chi connectivity index (χ2v) is 6.95. The minimum Gasteiger partial charge on any atom is -0.298 e. The molecule has 0 spiro atoms. The molecule has 1 saturated carbocycles. The Hall–Kier alpha value is -0.0800. The van der Waals surface area contributed by atoms with E-state index in [0.717, 1.165) is 18.0 Å². The summed E-state index contributed by atoms with van der Waals surface area (Å²) in [4.78, 5) is 5.59. The first kappa shape index (κ1) is 12.9. The van der Waals surface area contributed by atoms with Crippen molar-refractivity contribution in [2.75, 3.05) is 26.2 Å². The fraction of sp³-hybridized carbons (Fsp3) is 1.00. The normalized spacial score (nSPS) is 36.5. The molecule has 3 aliphatic rings. The summed E-state index contributed by atoms with van der Waals surface area (Å²) in [6.07, 6.45) is 11.8. The molecule has 104 valence electrons. The Labute approximate surface area is 113 Å². The average Bonchev–Trinajstić information content (AvgIpc) is 2.41. The maximum atomic E-state index is 2.82. The molecule has 2 heteroatoms. The van der Waals surface area contributed by atoms with E-state index in [9.17, 15) is 0 Å². The lowest BCUT2D eigenvalue weighted by atomic mass is 9.87. The largest absolute Gasteiger partial charge is 0.298 e. The number of rotatable bonds is 2. The SMILES string of the molecule is CC1CN2CCCCC2CN1CC1CCCCC1. The van der Waals surface area contributed by atoms with E-state index in [1.807, 2.05) is 0 Å². The van der Waals surface area contributed by atoms with Crippen LogP contribution in [-0.2, 0) is 0 Å². The van der Waals surface area contributed by atoms with E-state index >= 15 is 0 Å². The van der Waals surface area contributed by atoms with Gasteiger partial charge in [0.2, 0.25) is 0 Å². The Bertz CT molecular complexity index is 258. The molecule has 0 aromatic heterocycles. The van der Waals surface area contributed by atoms with Gasteiger partial charge in [-0.15, -0.1) is 0 Å². The van der Waals surface area contributed by atoms with Crippen molar-refractivity contribution in [2.45, 2.75) is 70.4 Å². The molecule has 0 aromatic carbocycles. The minimum atomic E-state index is 0.793. The number of piperazine rings is 1. The highest BCUT2D eigenvalue weighted by Gasteiger charge is 2.33. The van der Waals surface area contributed by atoms with E-state index in [1.54, 1.807) is 0 Å². The van der Waals surface area contributed by atoms with Gasteiger partial charge in [0, 0.05) is 31.7 Å². The van der Waals surface area contributed by atoms with Crippen LogP contribution < -0.4 is 0 Å². The van der Waals surface area contributed by atoms with Crippen molar-refractivity contribution < 1.29 is 0 Å². The van der Waals surface area contributed by atoms with Crippen LogP contribution in [0.1, 0.15) is 58.3 Å². The van der Waals surface area contributed by atoms with Crippen LogP contribution in [0.4, 0.5) is 0 Å². The maximum Gasteiger partial charge on any atom is 0.0223 e. The van der Waals surface area contributed by atoms with Gasteiger partial charge in [-0.1, -0.05) is 25.7 Å². The Kier molecular flexibility index (Phi) is 4.25. The van der Waals surface area contributed by atoms with Crippen LogP contribution in [0.15, 0.2) is 0 Å². The van der Waals surface area contributed by atoms with Crippen molar-refractivity contribution in [2.24, 2.45) is 5.92 Å². The lowest BCUT2D eigenvalue weighted by Gasteiger charge is -2.48. The summed E-state index contributed by atoms with van der Waals surface area (Å²) in [6.45, 7) is 7.90. The van der Waals surface area contributed by atoms with Crippen LogP contribution in [0.3, 0.4) is 0 Å². The Balaban J connectivity index is 1.54. The van der Waals surface area contributed by atoms with E-state index in [4.69, 9.17) is 0 Å². The third-order valence-corrected chi connectivity index (χ3v) is 5.53. The number of nitrogens with zero attached hydrogens (tertiary/aromatic N) is 2. The first-order chi connectivity index (χ1) is 8.83. The molecule has 1 aliphatic carbocycles. The van der Waals surface area contributed by atoms with Gasteiger partial charge in [-0.2, -0.15) is 0 Å². The fourth-order valence-corrected chi connectivity index (χ4v) is 4.37. The van der Waals surface area contributed by atoms with Crippen LogP contribution in [0.2, 0.25) is 0 Å². The van der Waals surface area contributed by atoms with E-state index in [-0.39, 0.29) is 0 Å². The maximum absolute atomic E-state index is 2.82. The molecule has 3 fully saturated rings. The predicted octanol–water partition coefficient (Wildman–Crippen LogP) is 3.13. The highest BCUT2D eigenvalue weighted by Crippen LogP contribution is 2.28. The molecule has 2 aliphatic heterocycles. The van der Waals surface area contributed by atoms with Gasteiger partial charge in [-0.25, -0.2) is 0 Å². The van der Waals surface area contributed by atoms with E-state index in [1.165, 1.54) is 77.5 Å². The summed E-state index contributed by atoms with van der Waals surface area (Å²) in [5.74, 6) is 1.01. The summed E-state index contributed by atoms with van der Waals surface area (Å²) in [5, 5.41) is 0. The summed E-state index contributed by atoms with van der Waals surface area (Å²) in [5.41, 5.74) is 0. The molecule has 0 bridgehead atoms. The molecular weight excluding hydrogens is 220 g/mol. The monoisotopic (exact) mass is 250 g/mol. The Morgan fingerprint density at radius 2 is 1.67 bits per heavy atom. The zero-order valence-corrected chi connectivity index (χ0v) is 12.1. The third-order valence-electron chi connectivity index (χ3n) is 5.53. The topological polar surface area (TPSA) is 6.48 Å². The molecule has 2 nitrogen and oxygen atoms in total. The molecule has 0 radical (unpaired) electrons. The molecular formula is C16H30N2. The molecule has 2 unspecified atom stereocenters. The second-order valence-electron chi connectivity index (χ2n) is 6.95. The van der Waals surface area contributed by atoms with Crippen molar-refractivity contribution in [3.63, 3.8) is 0 Å². The predicted molar refractivity (Wildman–Crippen MR) is 76.8 cm³/mol. The highest BCUT2D eigenvalue weighted by molar-refractivity contribution is 4.90. The quantitative estimate of drug-likeness (QED) is 0.743. The van der Waals surface area contributed by atoms with Crippen LogP contribution in [-0.4, -0.2) is 48.1 Å². The van der Waals surface area contributed by atoms with Crippen molar-refractivity contribution in [1.29, 1.82) is 0 Å². The zero-order valence-electron chi connectivity index (χ0n) is 12.1. The number of fused-ring (bicyclic) bond motifs is 1. The van der Waals surface area contributed by atoms with Crippen LogP contribution >= 0.6 is 0 Å². The van der Waals surface area contributed by atoms with E-state index < -0.39 is 0 Å². The summed E-state index contributed by atoms with van der Waals surface area (Å²) < 4.78 is 0. The van der Waals surface area contributed by atoms with Gasteiger partial charge >= 0.3 is 0 Å². The first-order valence-corrected chi connectivity index (χ1v) is 8.31. The smallest absolute Gasteiger partial charge is 0.0223 e. The molecule has 3 rings (SSSR count). The van der Waals surface area contributed by atoms with Gasteiger partial charge in [0.1, 0.15) is 0 Å². The Morgan fingerprint density at radius 1 is 0.889 bits per heavy atom. The van der Waals surface area contributed by atoms with E-state index in [2.05, 4.69) is 16.7 Å². The van der Waals surface area contributed by atoms with Gasteiger partial charge in [0.05, 0.1) is 0 Å². The number of hydrogen-bond donors (Lipinski definition) is 0. The van der Waals surface area contributed by atoms with Crippen molar-refractivity contribution in [1.82, 2.24) is 9.80 Å². The van der Waals surface area contributed by atoms with E-state index in [0.29, 0.717) is 0 Å². The molecule has 0 N–H and O–H groups in total. The van der Waals surface area contributed by atoms with Gasteiger partial charge in [0.25, 0.3) is 0 Å². The second kappa shape index (κ2) is 5.92. The van der Waals surface area contributed by atoms with Gasteiger partial charge in [-0.3, -0.25) is 9.80 Å². The van der Waals surface area contributed by atoms with Gasteiger partial charge in [-0.05, 0) is 45.1 Å². The standard InChI is InChI=1S/C16H30N2/c1-14-11-17-10-6-5-9-16(17)13-18(14)12-15-7-3-2-4-8-15/h14-16H,2-13H2,1H3. The van der Waals surface area contributed by atoms with Crippen molar-refractivity contribution in [3.05, 3.63) is 0 Å². The van der Waals surface area contributed by atoms with Crippen LogP contribution in [0.25, 0.3) is 0 Å². The molecule has 0 amide bonds. The minimum absolute atomic E-state index is 0.793.